The number of rotatable bonds is 1. The zero-order chi connectivity index (χ0) is 13.7. The van der Waals surface area contributed by atoms with Gasteiger partial charge in [0.25, 0.3) is 0 Å². The summed E-state index contributed by atoms with van der Waals surface area (Å²) < 4.78 is 1.29. The molecule has 2 heterocycles. The number of piperidine rings is 1. The van der Waals surface area contributed by atoms with Crippen molar-refractivity contribution in [3.8, 4) is 0 Å². The normalized spacial score (nSPS) is 21.8. The van der Waals surface area contributed by atoms with E-state index >= 15 is 0 Å². The molecule has 3 rings (SSSR count). The largest absolute Gasteiger partial charge is 0.338 e. The van der Waals surface area contributed by atoms with Crippen LogP contribution in [0.3, 0.4) is 0 Å². The lowest BCUT2D eigenvalue weighted by molar-refractivity contribution is 0.244. The van der Waals surface area contributed by atoms with Crippen LogP contribution in [0.15, 0.2) is 24.3 Å². The molecule has 102 valence electrons. The smallest absolute Gasteiger partial charge is 0.187 e. The Balaban J connectivity index is 2.11. The van der Waals surface area contributed by atoms with Crippen molar-refractivity contribution in [3.05, 3.63) is 24.3 Å². The second-order valence-electron chi connectivity index (χ2n) is 6.78. The lowest BCUT2D eigenvalue weighted by Crippen LogP contribution is -2.58. The summed E-state index contributed by atoms with van der Waals surface area (Å²) in [4.78, 5) is 7.42. The van der Waals surface area contributed by atoms with Gasteiger partial charge in [0.2, 0.25) is 0 Å². The summed E-state index contributed by atoms with van der Waals surface area (Å²) in [5.74, 6) is 0. The van der Waals surface area contributed by atoms with E-state index in [1.165, 1.54) is 29.1 Å². The van der Waals surface area contributed by atoms with Gasteiger partial charge in [-0.1, -0.05) is 23.5 Å². The Morgan fingerprint density at radius 2 is 1.68 bits per heavy atom. The quantitative estimate of drug-likeness (QED) is 0.739. The lowest BCUT2D eigenvalue weighted by atomic mass is 9.80. The molecule has 2 aromatic rings. The predicted molar refractivity (Wildman–Crippen MR) is 84.1 cm³/mol. The van der Waals surface area contributed by atoms with Crippen LogP contribution in [0.4, 0.5) is 5.13 Å². The van der Waals surface area contributed by atoms with Crippen molar-refractivity contribution in [3.63, 3.8) is 0 Å². The van der Waals surface area contributed by atoms with E-state index < -0.39 is 0 Å². The van der Waals surface area contributed by atoms with Crippen LogP contribution in [0, 0.1) is 0 Å². The van der Waals surface area contributed by atoms with Crippen molar-refractivity contribution in [1.82, 2.24) is 4.98 Å². The van der Waals surface area contributed by atoms with Gasteiger partial charge in [0, 0.05) is 11.1 Å². The van der Waals surface area contributed by atoms with E-state index in [9.17, 15) is 0 Å². The summed E-state index contributed by atoms with van der Waals surface area (Å²) >= 11 is 1.82. The van der Waals surface area contributed by atoms with Crippen molar-refractivity contribution < 1.29 is 0 Å². The highest BCUT2D eigenvalue weighted by atomic mass is 32.1. The second kappa shape index (κ2) is 4.20. The number of nitrogens with zero attached hydrogens (tertiary/aromatic N) is 2. The third-order valence-corrected chi connectivity index (χ3v) is 5.28. The maximum absolute atomic E-state index is 4.87. The van der Waals surface area contributed by atoms with Gasteiger partial charge in [0.05, 0.1) is 10.2 Å². The Labute approximate surface area is 119 Å². The van der Waals surface area contributed by atoms with Crippen LogP contribution in [0.5, 0.6) is 0 Å². The Hall–Kier alpha value is -1.09. The summed E-state index contributed by atoms with van der Waals surface area (Å²) in [6.45, 7) is 9.39. The van der Waals surface area contributed by atoms with Crippen molar-refractivity contribution in [2.45, 2.75) is 58.0 Å². The summed E-state index contributed by atoms with van der Waals surface area (Å²) in [7, 11) is 0. The first-order chi connectivity index (χ1) is 8.90. The van der Waals surface area contributed by atoms with Gasteiger partial charge in [-0.05, 0) is 59.1 Å². The Morgan fingerprint density at radius 3 is 2.32 bits per heavy atom. The minimum absolute atomic E-state index is 0.190. The number of benzene rings is 1. The molecule has 19 heavy (non-hydrogen) atoms. The molecular formula is C16H22N2S. The van der Waals surface area contributed by atoms with E-state index in [-0.39, 0.29) is 11.1 Å². The Kier molecular flexibility index (Phi) is 2.86. The monoisotopic (exact) mass is 274 g/mol. The number of hydrogen-bond acceptors (Lipinski definition) is 3. The van der Waals surface area contributed by atoms with Gasteiger partial charge in [-0.3, -0.25) is 0 Å². The standard InChI is InChI=1S/C16H22N2S/c1-15(2)10-7-11-16(3,4)18(15)14-17-12-8-5-6-9-13(12)19-14/h5-6,8-9H,7,10-11H2,1-4H3. The highest BCUT2D eigenvalue weighted by Gasteiger charge is 2.42. The molecule has 0 saturated carbocycles. The average Bonchev–Trinajstić information content (AvgIpc) is 2.68. The fourth-order valence-corrected chi connectivity index (χ4v) is 4.76. The Bertz CT molecular complexity index is 549. The molecule has 3 heteroatoms. The number of thiazole rings is 1. The number of hydrogen-bond donors (Lipinski definition) is 0. The van der Waals surface area contributed by atoms with E-state index in [2.05, 4.69) is 56.9 Å². The molecule has 0 bridgehead atoms. The van der Waals surface area contributed by atoms with Gasteiger partial charge in [0.1, 0.15) is 0 Å². The van der Waals surface area contributed by atoms with Crippen LogP contribution in [0.2, 0.25) is 0 Å². The number of anilines is 1. The maximum atomic E-state index is 4.87. The van der Waals surface area contributed by atoms with Crippen LogP contribution in [-0.2, 0) is 0 Å². The minimum Gasteiger partial charge on any atom is -0.338 e. The van der Waals surface area contributed by atoms with Crippen LogP contribution in [-0.4, -0.2) is 16.1 Å². The number of para-hydroxylation sites is 1. The van der Waals surface area contributed by atoms with Crippen LogP contribution in [0.1, 0.15) is 47.0 Å². The van der Waals surface area contributed by atoms with Crippen LogP contribution >= 0.6 is 11.3 Å². The second-order valence-corrected chi connectivity index (χ2v) is 7.79. The third-order valence-electron chi connectivity index (χ3n) is 4.26. The first-order valence-electron chi connectivity index (χ1n) is 7.06. The topological polar surface area (TPSA) is 16.1 Å². The van der Waals surface area contributed by atoms with Crippen LogP contribution in [0.25, 0.3) is 10.2 Å². The number of fused-ring (bicyclic) bond motifs is 1. The van der Waals surface area contributed by atoms with E-state index in [0.29, 0.717) is 0 Å². The van der Waals surface area contributed by atoms with E-state index in [4.69, 9.17) is 4.98 Å². The average molecular weight is 274 g/mol. The summed E-state index contributed by atoms with van der Waals surface area (Å²) in [5, 5.41) is 1.18. The molecular weight excluding hydrogens is 252 g/mol. The van der Waals surface area contributed by atoms with Gasteiger partial charge in [-0.2, -0.15) is 0 Å². The lowest BCUT2D eigenvalue weighted by Gasteiger charge is -2.53. The van der Waals surface area contributed by atoms with Gasteiger partial charge < -0.3 is 4.90 Å². The maximum Gasteiger partial charge on any atom is 0.187 e. The molecule has 0 unspecified atom stereocenters. The van der Waals surface area contributed by atoms with Crippen molar-refractivity contribution in [2.24, 2.45) is 0 Å². The van der Waals surface area contributed by atoms with Gasteiger partial charge in [-0.15, -0.1) is 0 Å². The highest BCUT2D eigenvalue weighted by molar-refractivity contribution is 7.22. The van der Waals surface area contributed by atoms with E-state index in [0.717, 1.165) is 5.52 Å². The zero-order valence-corrected chi connectivity index (χ0v) is 13.0. The highest BCUT2D eigenvalue weighted by Crippen LogP contribution is 2.44. The molecule has 1 fully saturated rings. The fraction of sp³-hybridized carbons (Fsp3) is 0.562. The molecule has 1 aliphatic heterocycles. The van der Waals surface area contributed by atoms with E-state index in [1.54, 1.807) is 0 Å². The Morgan fingerprint density at radius 1 is 1.05 bits per heavy atom. The van der Waals surface area contributed by atoms with E-state index in [1.807, 2.05) is 11.3 Å². The first-order valence-corrected chi connectivity index (χ1v) is 7.88. The number of aromatic nitrogens is 1. The molecule has 2 nitrogen and oxygen atoms in total. The summed E-state index contributed by atoms with van der Waals surface area (Å²) in [6.07, 6.45) is 3.79. The van der Waals surface area contributed by atoms with Gasteiger partial charge in [-0.25, -0.2) is 4.98 Å². The van der Waals surface area contributed by atoms with Crippen molar-refractivity contribution >= 4 is 26.7 Å². The molecule has 0 atom stereocenters. The molecule has 1 aromatic carbocycles. The van der Waals surface area contributed by atoms with Gasteiger partial charge in [0.15, 0.2) is 5.13 Å². The predicted octanol–water partition coefficient (Wildman–Crippen LogP) is 4.84. The van der Waals surface area contributed by atoms with Crippen molar-refractivity contribution in [1.29, 1.82) is 0 Å². The fourth-order valence-electron chi connectivity index (χ4n) is 3.47. The molecule has 0 spiro atoms. The molecule has 1 saturated heterocycles. The van der Waals surface area contributed by atoms with Gasteiger partial charge >= 0.3 is 0 Å². The summed E-state index contributed by atoms with van der Waals surface area (Å²) in [5.41, 5.74) is 1.50. The molecule has 1 aromatic heterocycles. The van der Waals surface area contributed by atoms with Crippen LogP contribution < -0.4 is 4.90 Å². The zero-order valence-electron chi connectivity index (χ0n) is 12.2. The molecule has 0 radical (unpaired) electrons. The van der Waals surface area contributed by atoms with Crippen molar-refractivity contribution in [2.75, 3.05) is 4.90 Å². The minimum atomic E-state index is 0.190. The summed E-state index contributed by atoms with van der Waals surface area (Å²) in [6, 6.07) is 8.44. The first kappa shape index (κ1) is 12.9. The molecule has 1 aliphatic rings. The molecule has 0 aliphatic carbocycles. The third kappa shape index (κ3) is 2.14. The molecule has 0 amide bonds. The molecule has 0 N–H and O–H groups in total. The SMILES string of the molecule is CC1(C)CCCC(C)(C)N1c1nc2ccccc2s1.